The maximum atomic E-state index is 12.4. The number of alkyl halides is 3. The summed E-state index contributed by atoms with van der Waals surface area (Å²) in [4.78, 5) is 0. The Morgan fingerprint density at radius 1 is 1.05 bits per heavy atom. The molecule has 0 aliphatic carbocycles. The average molecular weight is 267 g/mol. The molecule has 0 radical (unpaired) electrons. The van der Waals surface area contributed by atoms with E-state index in [0.29, 0.717) is 6.42 Å². The van der Waals surface area contributed by atoms with E-state index in [4.69, 9.17) is 5.73 Å². The Kier molecular flexibility index (Phi) is 3.80. The molecule has 2 N–H and O–H groups in total. The number of aromatic nitrogens is 2. The van der Waals surface area contributed by atoms with Gasteiger partial charge in [0.05, 0.1) is 11.8 Å². The van der Waals surface area contributed by atoms with E-state index in [-0.39, 0.29) is 6.04 Å². The van der Waals surface area contributed by atoms with Crippen molar-refractivity contribution in [2.75, 3.05) is 0 Å². The number of rotatable bonds is 3. The molecule has 1 unspecified atom stereocenters. The van der Waals surface area contributed by atoms with Gasteiger partial charge in [-0.2, -0.15) is 23.4 Å². The second-order valence-electron chi connectivity index (χ2n) is 4.18. The summed E-state index contributed by atoms with van der Waals surface area (Å²) >= 11 is 0. The average Bonchev–Trinajstić information content (AvgIpc) is 2.39. The van der Waals surface area contributed by atoms with Crippen molar-refractivity contribution in [2.45, 2.75) is 18.6 Å². The molecule has 1 aromatic carbocycles. The smallest absolute Gasteiger partial charge is 0.324 e. The topological polar surface area (TPSA) is 51.8 Å². The van der Waals surface area contributed by atoms with E-state index in [1.54, 1.807) is 12.3 Å². The second-order valence-corrected chi connectivity index (χ2v) is 4.18. The van der Waals surface area contributed by atoms with E-state index < -0.39 is 11.7 Å². The lowest BCUT2D eigenvalue weighted by Crippen LogP contribution is -2.14. The van der Waals surface area contributed by atoms with E-state index in [1.165, 1.54) is 18.3 Å². The van der Waals surface area contributed by atoms with Crippen LogP contribution in [0.15, 0.2) is 42.7 Å². The summed E-state index contributed by atoms with van der Waals surface area (Å²) in [5, 5.41) is 7.36. The first kappa shape index (κ1) is 13.5. The first-order valence-corrected chi connectivity index (χ1v) is 5.65. The molecule has 2 aromatic rings. The highest BCUT2D eigenvalue weighted by atomic mass is 19.4. The van der Waals surface area contributed by atoms with Crippen molar-refractivity contribution in [2.24, 2.45) is 5.73 Å². The van der Waals surface area contributed by atoms with Crippen molar-refractivity contribution in [3.63, 3.8) is 0 Å². The van der Waals surface area contributed by atoms with Crippen LogP contribution in [-0.4, -0.2) is 10.2 Å². The number of nitrogens with zero attached hydrogens (tertiary/aromatic N) is 2. The summed E-state index contributed by atoms with van der Waals surface area (Å²) in [6.07, 6.45) is -0.782. The van der Waals surface area contributed by atoms with Crippen molar-refractivity contribution in [3.05, 3.63) is 59.4 Å². The van der Waals surface area contributed by atoms with Gasteiger partial charge in [0.25, 0.3) is 0 Å². The molecule has 1 atom stereocenters. The lowest BCUT2D eigenvalue weighted by molar-refractivity contribution is -0.137. The zero-order valence-corrected chi connectivity index (χ0v) is 9.93. The summed E-state index contributed by atoms with van der Waals surface area (Å²) in [5.41, 5.74) is 6.85. The zero-order valence-electron chi connectivity index (χ0n) is 9.93. The minimum Gasteiger partial charge on any atom is -0.324 e. The minimum atomic E-state index is -4.31. The van der Waals surface area contributed by atoms with Gasteiger partial charge < -0.3 is 5.73 Å². The van der Waals surface area contributed by atoms with Gasteiger partial charge in [0, 0.05) is 12.2 Å². The van der Waals surface area contributed by atoms with Crippen molar-refractivity contribution in [1.82, 2.24) is 10.2 Å². The van der Waals surface area contributed by atoms with Crippen molar-refractivity contribution in [1.29, 1.82) is 0 Å². The molecule has 0 spiro atoms. The zero-order chi connectivity index (χ0) is 13.9. The van der Waals surface area contributed by atoms with Crippen molar-refractivity contribution < 1.29 is 13.2 Å². The first-order valence-electron chi connectivity index (χ1n) is 5.65. The molecule has 0 saturated carbocycles. The minimum absolute atomic E-state index is 0.313. The third-order valence-electron chi connectivity index (χ3n) is 2.77. The predicted octanol–water partition coefficient (Wildman–Crippen LogP) is 2.74. The molecule has 19 heavy (non-hydrogen) atoms. The Labute approximate surface area is 108 Å². The molecule has 0 amide bonds. The predicted molar refractivity (Wildman–Crippen MR) is 64.1 cm³/mol. The van der Waals surface area contributed by atoms with Crippen LogP contribution in [0.3, 0.4) is 0 Å². The molecule has 6 heteroatoms. The fourth-order valence-corrected chi connectivity index (χ4v) is 1.72. The summed E-state index contributed by atoms with van der Waals surface area (Å²) in [5.74, 6) is 0. The van der Waals surface area contributed by atoms with Gasteiger partial charge in [-0.15, -0.1) is 0 Å². The fourth-order valence-electron chi connectivity index (χ4n) is 1.72. The first-order chi connectivity index (χ1) is 8.97. The van der Waals surface area contributed by atoms with Crippen LogP contribution in [0.2, 0.25) is 0 Å². The number of hydrogen-bond acceptors (Lipinski definition) is 3. The van der Waals surface area contributed by atoms with Crippen LogP contribution < -0.4 is 5.73 Å². The van der Waals surface area contributed by atoms with Crippen molar-refractivity contribution >= 4 is 0 Å². The highest BCUT2D eigenvalue weighted by Gasteiger charge is 2.29. The summed E-state index contributed by atoms with van der Waals surface area (Å²) in [6.45, 7) is 0. The quantitative estimate of drug-likeness (QED) is 0.930. The lowest BCUT2D eigenvalue weighted by atomic mass is 10.0. The Morgan fingerprint density at radius 3 is 2.26 bits per heavy atom. The molecule has 0 fully saturated rings. The Balaban J connectivity index is 2.08. The SMILES string of the molecule is NC(Cc1ccc(C(F)(F)F)cc1)c1ccnnc1. The van der Waals surface area contributed by atoms with Gasteiger partial charge in [-0.05, 0) is 35.7 Å². The number of benzene rings is 1. The molecule has 1 heterocycles. The number of nitrogens with two attached hydrogens (primary N) is 1. The highest BCUT2D eigenvalue weighted by molar-refractivity contribution is 5.26. The molecule has 0 aliphatic heterocycles. The molecular weight excluding hydrogens is 255 g/mol. The van der Waals surface area contributed by atoms with E-state index in [2.05, 4.69) is 10.2 Å². The van der Waals surface area contributed by atoms with Crippen LogP contribution in [0, 0.1) is 0 Å². The Morgan fingerprint density at radius 2 is 1.74 bits per heavy atom. The standard InChI is InChI=1S/C13H12F3N3/c14-13(15,16)11-3-1-9(2-4-11)7-12(17)10-5-6-18-19-8-10/h1-6,8,12H,7,17H2. The summed E-state index contributed by atoms with van der Waals surface area (Å²) < 4.78 is 37.2. The van der Waals surface area contributed by atoms with Gasteiger partial charge in [0.2, 0.25) is 0 Å². The third-order valence-corrected chi connectivity index (χ3v) is 2.77. The van der Waals surface area contributed by atoms with Crippen LogP contribution in [-0.2, 0) is 12.6 Å². The molecule has 2 rings (SSSR count). The van der Waals surface area contributed by atoms with Crippen molar-refractivity contribution in [3.8, 4) is 0 Å². The van der Waals surface area contributed by atoms with Gasteiger partial charge in [0.1, 0.15) is 0 Å². The maximum absolute atomic E-state index is 12.4. The third kappa shape index (κ3) is 3.51. The Hall–Kier alpha value is -1.95. The van der Waals surface area contributed by atoms with Crippen LogP contribution in [0.4, 0.5) is 13.2 Å². The van der Waals surface area contributed by atoms with Gasteiger partial charge in [0.15, 0.2) is 0 Å². The van der Waals surface area contributed by atoms with E-state index in [9.17, 15) is 13.2 Å². The van der Waals surface area contributed by atoms with E-state index >= 15 is 0 Å². The lowest BCUT2D eigenvalue weighted by Gasteiger charge is -2.12. The van der Waals surface area contributed by atoms with Gasteiger partial charge in [-0.3, -0.25) is 0 Å². The van der Waals surface area contributed by atoms with Crippen LogP contribution in [0.25, 0.3) is 0 Å². The molecule has 0 bridgehead atoms. The van der Waals surface area contributed by atoms with Gasteiger partial charge in [-0.1, -0.05) is 12.1 Å². The molecule has 3 nitrogen and oxygen atoms in total. The molecule has 0 aliphatic rings. The molecule has 100 valence electrons. The fraction of sp³-hybridized carbons (Fsp3) is 0.231. The van der Waals surface area contributed by atoms with Crippen LogP contribution in [0.5, 0.6) is 0 Å². The molecule has 0 saturated heterocycles. The number of hydrogen-bond donors (Lipinski definition) is 1. The Bertz CT molecular complexity index is 523. The maximum Gasteiger partial charge on any atom is 0.416 e. The molecular formula is C13H12F3N3. The van der Waals surface area contributed by atoms with Gasteiger partial charge >= 0.3 is 6.18 Å². The summed E-state index contributed by atoms with van der Waals surface area (Å²) in [7, 11) is 0. The number of halogens is 3. The van der Waals surface area contributed by atoms with Crippen LogP contribution in [0.1, 0.15) is 22.7 Å². The largest absolute Gasteiger partial charge is 0.416 e. The normalized spacial score (nSPS) is 13.3. The molecule has 1 aromatic heterocycles. The highest BCUT2D eigenvalue weighted by Crippen LogP contribution is 2.29. The van der Waals surface area contributed by atoms with E-state index in [0.717, 1.165) is 23.3 Å². The van der Waals surface area contributed by atoms with E-state index in [1.807, 2.05) is 0 Å². The monoisotopic (exact) mass is 267 g/mol. The second kappa shape index (κ2) is 5.36. The van der Waals surface area contributed by atoms with Gasteiger partial charge in [-0.25, -0.2) is 0 Å². The summed E-state index contributed by atoms with van der Waals surface area (Å²) in [6, 6.07) is 6.43. The van der Waals surface area contributed by atoms with Crippen LogP contribution >= 0.6 is 0 Å².